The third kappa shape index (κ3) is 2.93. The van der Waals surface area contributed by atoms with Gasteiger partial charge in [-0.25, -0.2) is 5.43 Å². The summed E-state index contributed by atoms with van der Waals surface area (Å²) in [4.78, 5) is 16.0. The number of benzene rings is 2. The molecule has 22 heavy (non-hydrogen) atoms. The van der Waals surface area contributed by atoms with Crippen molar-refractivity contribution in [1.82, 2.24) is 10.4 Å². The Morgan fingerprint density at radius 2 is 1.77 bits per heavy atom. The number of carbonyl (C=O) groups excluding carboxylic acids is 1. The van der Waals surface area contributed by atoms with Crippen LogP contribution in [0.5, 0.6) is 5.75 Å². The topological polar surface area (TPSA) is 74.6 Å². The number of hydrogen-bond acceptors (Lipinski definition) is 4. The molecule has 0 unspecified atom stereocenters. The molecule has 0 aliphatic rings. The van der Waals surface area contributed by atoms with Crippen LogP contribution in [-0.2, 0) is 0 Å². The Bertz CT molecular complexity index is 845. The summed E-state index contributed by atoms with van der Waals surface area (Å²) in [5.74, 6) is -0.538. The Labute approximate surface area is 126 Å². The largest absolute Gasteiger partial charge is 0.507 e. The van der Waals surface area contributed by atoms with Crippen LogP contribution in [0.4, 0.5) is 0 Å². The monoisotopic (exact) mass is 291 g/mol. The Balaban J connectivity index is 1.80. The highest BCUT2D eigenvalue weighted by molar-refractivity contribution is 6.01. The van der Waals surface area contributed by atoms with E-state index in [1.54, 1.807) is 36.7 Å². The molecule has 2 N–H and O–H groups in total. The van der Waals surface area contributed by atoms with E-state index < -0.39 is 5.91 Å². The molecule has 0 aliphatic carbocycles. The van der Waals surface area contributed by atoms with Crippen LogP contribution in [0.1, 0.15) is 15.9 Å². The first-order chi connectivity index (χ1) is 10.7. The second kappa shape index (κ2) is 6.05. The molecule has 0 saturated heterocycles. The van der Waals surface area contributed by atoms with Gasteiger partial charge in [-0.1, -0.05) is 24.3 Å². The lowest BCUT2D eigenvalue weighted by molar-refractivity contribution is 0.0952. The standard InChI is InChI=1S/C17H13N3O2/c21-16-10-14-4-2-1-3-13(14)9-15(16)17(22)20-19-11-12-5-7-18-8-6-12/h1-11,21H,(H,20,22)/b19-11-. The summed E-state index contributed by atoms with van der Waals surface area (Å²) >= 11 is 0. The zero-order chi connectivity index (χ0) is 15.4. The number of carbonyl (C=O) groups is 1. The first-order valence-corrected chi connectivity index (χ1v) is 6.69. The number of nitrogens with zero attached hydrogens (tertiary/aromatic N) is 2. The first kappa shape index (κ1) is 13.8. The van der Waals surface area contributed by atoms with Crippen molar-refractivity contribution in [2.45, 2.75) is 0 Å². The minimum absolute atomic E-state index is 0.0738. The quantitative estimate of drug-likeness (QED) is 0.575. The number of rotatable bonds is 3. The van der Waals surface area contributed by atoms with Gasteiger partial charge >= 0.3 is 0 Å². The van der Waals surface area contributed by atoms with E-state index in [1.165, 1.54) is 6.21 Å². The Kier molecular flexibility index (Phi) is 3.78. The number of nitrogens with one attached hydrogen (secondary N) is 1. The number of aromatic hydroxyl groups is 1. The number of fused-ring (bicyclic) bond motifs is 1. The van der Waals surface area contributed by atoms with Crippen molar-refractivity contribution in [3.63, 3.8) is 0 Å². The van der Waals surface area contributed by atoms with Gasteiger partial charge < -0.3 is 5.11 Å². The highest BCUT2D eigenvalue weighted by Crippen LogP contribution is 2.24. The molecule has 5 nitrogen and oxygen atoms in total. The van der Waals surface area contributed by atoms with Crippen LogP contribution in [0.3, 0.4) is 0 Å². The molecule has 0 bridgehead atoms. The summed E-state index contributed by atoms with van der Waals surface area (Å²) in [6, 6.07) is 14.2. The van der Waals surface area contributed by atoms with E-state index in [0.717, 1.165) is 16.3 Å². The zero-order valence-corrected chi connectivity index (χ0v) is 11.6. The van der Waals surface area contributed by atoms with Gasteiger partial charge in [-0.3, -0.25) is 9.78 Å². The van der Waals surface area contributed by atoms with Crippen molar-refractivity contribution in [3.8, 4) is 5.75 Å². The van der Waals surface area contributed by atoms with Crippen LogP contribution in [0.25, 0.3) is 10.8 Å². The number of hydrazone groups is 1. The molecule has 0 saturated carbocycles. The molecule has 3 rings (SSSR count). The predicted molar refractivity (Wildman–Crippen MR) is 84.9 cm³/mol. The summed E-state index contributed by atoms with van der Waals surface area (Å²) in [7, 11) is 0. The number of hydrogen-bond donors (Lipinski definition) is 2. The van der Waals surface area contributed by atoms with Crippen molar-refractivity contribution in [1.29, 1.82) is 0 Å². The van der Waals surface area contributed by atoms with Gasteiger partial charge in [0.25, 0.3) is 5.91 Å². The molecular weight excluding hydrogens is 278 g/mol. The van der Waals surface area contributed by atoms with Gasteiger partial charge in [0, 0.05) is 12.4 Å². The average molecular weight is 291 g/mol. The van der Waals surface area contributed by atoms with E-state index in [2.05, 4.69) is 15.5 Å². The molecule has 1 heterocycles. The lowest BCUT2D eigenvalue weighted by atomic mass is 10.1. The minimum Gasteiger partial charge on any atom is -0.507 e. The van der Waals surface area contributed by atoms with Gasteiger partial charge in [-0.15, -0.1) is 0 Å². The van der Waals surface area contributed by atoms with Crippen molar-refractivity contribution in [2.75, 3.05) is 0 Å². The molecule has 108 valence electrons. The first-order valence-electron chi connectivity index (χ1n) is 6.69. The maximum atomic E-state index is 12.1. The third-order valence-corrected chi connectivity index (χ3v) is 3.19. The molecule has 0 fully saturated rings. The molecule has 3 aromatic rings. The Hall–Kier alpha value is -3.21. The fraction of sp³-hybridized carbons (Fsp3) is 0. The smallest absolute Gasteiger partial charge is 0.275 e. The number of phenols is 1. The molecule has 2 aromatic carbocycles. The number of pyridine rings is 1. The summed E-state index contributed by atoms with van der Waals surface area (Å²) in [6.45, 7) is 0. The Morgan fingerprint density at radius 1 is 1.09 bits per heavy atom. The van der Waals surface area contributed by atoms with E-state index >= 15 is 0 Å². The van der Waals surface area contributed by atoms with Crippen LogP contribution in [0.15, 0.2) is 66.0 Å². The molecule has 0 spiro atoms. The normalized spacial score (nSPS) is 10.9. The third-order valence-electron chi connectivity index (χ3n) is 3.19. The zero-order valence-electron chi connectivity index (χ0n) is 11.6. The van der Waals surface area contributed by atoms with E-state index in [4.69, 9.17) is 0 Å². The molecule has 0 radical (unpaired) electrons. The van der Waals surface area contributed by atoms with Crippen LogP contribution in [-0.4, -0.2) is 22.2 Å². The Morgan fingerprint density at radius 3 is 2.50 bits per heavy atom. The molecule has 0 aliphatic heterocycles. The van der Waals surface area contributed by atoms with Crippen molar-refractivity contribution in [3.05, 3.63) is 72.1 Å². The van der Waals surface area contributed by atoms with E-state index in [1.807, 2.05) is 24.3 Å². The summed E-state index contributed by atoms with van der Waals surface area (Å²) < 4.78 is 0. The predicted octanol–water partition coefficient (Wildman–Crippen LogP) is 2.70. The second-order valence-electron chi connectivity index (χ2n) is 4.70. The number of aromatic nitrogens is 1. The van der Waals surface area contributed by atoms with Crippen LogP contribution in [0.2, 0.25) is 0 Å². The van der Waals surface area contributed by atoms with Gasteiger partial charge in [-0.2, -0.15) is 5.10 Å². The van der Waals surface area contributed by atoms with Crippen LogP contribution in [0, 0.1) is 0 Å². The SMILES string of the molecule is O=C(N/N=C\c1ccncc1)c1cc2ccccc2cc1O. The van der Waals surface area contributed by atoms with Gasteiger partial charge in [0.05, 0.1) is 11.8 Å². The average Bonchev–Trinajstić information content (AvgIpc) is 2.55. The van der Waals surface area contributed by atoms with Gasteiger partial charge in [0.2, 0.25) is 0 Å². The van der Waals surface area contributed by atoms with Gasteiger partial charge in [-0.05, 0) is 40.6 Å². The lowest BCUT2D eigenvalue weighted by Crippen LogP contribution is -2.17. The molecular formula is C17H13N3O2. The van der Waals surface area contributed by atoms with Crippen molar-refractivity contribution in [2.24, 2.45) is 5.10 Å². The maximum Gasteiger partial charge on any atom is 0.275 e. The van der Waals surface area contributed by atoms with E-state index in [-0.39, 0.29) is 11.3 Å². The molecule has 1 aromatic heterocycles. The maximum absolute atomic E-state index is 12.1. The van der Waals surface area contributed by atoms with Crippen LogP contribution >= 0.6 is 0 Å². The number of phenolic OH excluding ortho intramolecular Hbond substituents is 1. The summed E-state index contributed by atoms with van der Waals surface area (Å²) in [5.41, 5.74) is 3.41. The van der Waals surface area contributed by atoms with Crippen LogP contribution < -0.4 is 5.43 Å². The lowest BCUT2D eigenvalue weighted by Gasteiger charge is -2.05. The highest BCUT2D eigenvalue weighted by atomic mass is 16.3. The highest BCUT2D eigenvalue weighted by Gasteiger charge is 2.11. The van der Waals surface area contributed by atoms with Gasteiger partial charge in [0.1, 0.15) is 5.75 Å². The molecule has 0 atom stereocenters. The fourth-order valence-corrected chi connectivity index (χ4v) is 2.09. The van der Waals surface area contributed by atoms with Crippen molar-refractivity contribution >= 4 is 22.9 Å². The molecule has 5 heteroatoms. The summed E-state index contributed by atoms with van der Waals surface area (Å²) in [6.07, 6.45) is 4.79. The minimum atomic E-state index is -0.464. The van der Waals surface area contributed by atoms with Gasteiger partial charge in [0.15, 0.2) is 0 Å². The molecule has 1 amide bonds. The second-order valence-corrected chi connectivity index (χ2v) is 4.70. The summed E-state index contributed by atoms with van der Waals surface area (Å²) in [5, 5.41) is 15.6. The number of amides is 1. The van der Waals surface area contributed by atoms with E-state index in [9.17, 15) is 9.90 Å². The van der Waals surface area contributed by atoms with E-state index in [0.29, 0.717) is 0 Å². The fourth-order valence-electron chi connectivity index (χ4n) is 2.09. The van der Waals surface area contributed by atoms with Crippen molar-refractivity contribution < 1.29 is 9.90 Å².